The summed E-state index contributed by atoms with van der Waals surface area (Å²) in [5.74, 6) is -2.93. The van der Waals surface area contributed by atoms with Gasteiger partial charge in [0.15, 0.2) is 29.6 Å². The number of aliphatic hydroxyl groups excluding tert-OH is 1. The molecule has 2 aromatic rings. The van der Waals surface area contributed by atoms with Crippen LogP contribution in [-0.2, 0) is 28.6 Å². The van der Waals surface area contributed by atoms with Crippen LogP contribution in [-0.4, -0.2) is 67.4 Å². The van der Waals surface area contributed by atoms with E-state index in [1.807, 2.05) is 0 Å². The first kappa shape index (κ1) is 26.3. The lowest BCUT2D eigenvalue weighted by Crippen LogP contribution is -2.42. The second-order valence-corrected chi connectivity index (χ2v) is 9.24. The lowest BCUT2D eigenvalue weighted by Gasteiger charge is -2.25. The Labute approximate surface area is 201 Å². The summed E-state index contributed by atoms with van der Waals surface area (Å²) in [7, 11) is 0. The zero-order valence-corrected chi connectivity index (χ0v) is 20.5. The van der Waals surface area contributed by atoms with Crippen LogP contribution in [0.5, 0.6) is 0 Å². The number of imidazole rings is 1. The van der Waals surface area contributed by atoms with Crippen molar-refractivity contribution in [3.63, 3.8) is 0 Å². The molecule has 35 heavy (non-hydrogen) atoms. The van der Waals surface area contributed by atoms with E-state index in [0.29, 0.717) is 0 Å². The highest BCUT2D eigenvalue weighted by Gasteiger charge is 2.51. The van der Waals surface area contributed by atoms with E-state index in [1.54, 1.807) is 41.5 Å². The summed E-state index contributed by atoms with van der Waals surface area (Å²) in [5.41, 5.74) is -0.618. The molecule has 1 fully saturated rings. The number of nitrogens with zero attached hydrogens (tertiary/aromatic N) is 3. The van der Waals surface area contributed by atoms with Crippen molar-refractivity contribution in [3.05, 3.63) is 16.7 Å². The first-order chi connectivity index (χ1) is 16.4. The predicted octanol–water partition coefficient (Wildman–Crippen LogP) is 0.739. The number of rotatable bonds is 8. The maximum absolute atomic E-state index is 12.6. The predicted molar refractivity (Wildman–Crippen MR) is 122 cm³/mol. The Morgan fingerprint density at radius 1 is 1.09 bits per heavy atom. The van der Waals surface area contributed by atoms with E-state index in [0.717, 1.165) is 0 Å². The maximum Gasteiger partial charge on any atom is 0.308 e. The van der Waals surface area contributed by atoms with Gasteiger partial charge < -0.3 is 19.3 Å². The fourth-order valence-electron chi connectivity index (χ4n) is 3.32. The van der Waals surface area contributed by atoms with Gasteiger partial charge in [0.05, 0.1) is 24.8 Å². The van der Waals surface area contributed by atoms with Gasteiger partial charge in [0, 0.05) is 5.92 Å². The number of aromatic nitrogens is 4. The molecule has 3 N–H and O–H groups in total. The number of aliphatic hydroxyl groups is 1. The molecule has 0 bridgehead atoms. The van der Waals surface area contributed by atoms with Crippen LogP contribution in [0.25, 0.3) is 11.2 Å². The summed E-state index contributed by atoms with van der Waals surface area (Å²) in [4.78, 5) is 60.4. The molecule has 1 aliphatic rings. The number of H-pyrrole nitrogens is 1. The molecule has 192 valence electrons. The number of fused-ring (bicyclic) bond motifs is 1. The van der Waals surface area contributed by atoms with E-state index in [9.17, 15) is 24.3 Å². The van der Waals surface area contributed by atoms with Gasteiger partial charge in [-0.1, -0.05) is 41.5 Å². The molecule has 13 nitrogen and oxygen atoms in total. The van der Waals surface area contributed by atoms with Crippen LogP contribution < -0.4 is 10.9 Å². The summed E-state index contributed by atoms with van der Waals surface area (Å²) in [6.07, 6.45) is -3.18. The van der Waals surface area contributed by atoms with Gasteiger partial charge in [-0.3, -0.25) is 34.0 Å². The fourth-order valence-corrected chi connectivity index (χ4v) is 3.32. The molecule has 1 saturated heterocycles. The van der Waals surface area contributed by atoms with Crippen molar-refractivity contribution < 1.29 is 33.7 Å². The molecule has 1 amide bonds. The average molecular weight is 494 g/mol. The number of anilines is 1. The minimum atomic E-state index is -1.17. The van der Waals surface area contributed by atoms with Gasteiger partial charge in [0.2, 0.25) is 11.9 Å². The highest BCUT2D eigenvalue weighted by atomic mass is 16.6. The molecule has 4 atom stereocenters. The fraction of sp³-hybridized carbons (Fsp3) is 0.636. The molecule has 1 aliphatic heterocycles. The van der Waals surface area contributed by atoms with Gasteiger partial charge in [-0.2, -0.15) is 4.98 Å². The third-order valence-corrected chi connectivity index (χ3v) is 5.39. The van der Waals surface area contributed by atoms with E-state index < -0.39 is 60.5 Å². The molecule has 13 heteroatoms. The average Bonchev–Trinajstić information content (AvgIpc) is 3.35. The normalized spacial score (nSPS) is 22.2. The molecular weight excluding hydrogens is 462 g/mol. The molecule has 2 aromatic heterocycles. The van der Waals surface area contributed by atoms with Crippen LogP contribution in [0.4, 0.5) is 5.95 Å². The van der Waals surface area contributed by atoms with Crippen LogP contribution >= 0.6 is 0 Å². The molecule has 0 aromatic carbocycles. The number of hydrogen-bond acceptors (Lipinski definition) is 10. The highest BCUT2D eigenvalue weighted by molar-refractivity contribution is 5.91. The van der Waals surface area contributed by atoms with Crippen molar-refractivity contribution in [2.45, 2.75) is 66.1 Å². The van der Waals surface area contributed by atoms with Gasteiger partial charge in [0.25, 0.3) is 5.56 Å². The van der Waals surface area contributed by atoms with E-state index in [2.05, 4.69) is 20.3 Å². The molecule has 0 spiro atoms. The minimum Gasteiger partial charge on any atom is -0.455 e. The maximum atomic E-state index is 12.6. The standard InChI is InChI=1S/C22H31N5O8/c1-9(2)17(29)25-22-24-16-13(18(30)26-22)23-8-27(16)19-15(35-21(32)11(5)6)14(12(7-28)33-19)34-20(31)10(3)4/h8-12,14-15,19,28H,7H2,1-6H3,(H2,24,25,26,29,30)/t12-,14-,15-,19-/m1/s1. The van der Waals surface area contributed by atoms with Crippen LogP contribution in [0.1, 0.15) is 47.8 Å². The Morgan fingerprint density at radius 2 is 1.69 bits per heavy atom. The summed E-state index contributed by atoms with van der Waals surface area (Å²) in [6, 6.07) is 0. The monoisotopic (exact) mass is 493 g/mol. The third kappa shape index (κ3) is 5.51. The van der Waals surface area contributed by atoms with Crippen molar-refractivity contribution in [3.8, 4) is 0 Å². The summed E-state index contributed by atoms with van der Waals surface area (Å²) >= 11 is 0. The van der Waals surface area contributed by atoms with Gasteiger partial charge in [-0.15, -0.1) is 0 Å². The van der Waals surface area contributed by atoms with Gasteiger partial charge in [-0.25, -0.2) is 4.98 Å². The van der Waals surface area contributed by atoms with Crippen molar-refractivity contribution in [2.24, 2.45) is 17.8 Å². The van der Waals surface area contributed by atoms with Crippen LogP contribution in [0, 0.1) is 17.8 Å². The number of ether oxygens (including phenoxy) is 3. The van der Waals surface area contributed by atoms with Gasteiger partial charge in [0.1, 0.15) is 6.10 Å². The topological polar surface area (TPSA) is 175 Å². The number of carbonyl (C=O) groups excluding carboxylic acids is 3. The lowest BCUT2D eigenvalue weighted by molar-refractivity contribution is -0.172. The minimum absolute atomic E-state index is 0.0379. The second kappa shape index (κ2) is 10.5. The molecule has 3 rings (SSSR count). The molecular formula is C22H31N5O8. The Hall–Kier alpha value is -3.32. The zero-order chi connectivity index (χ0) is 26.0. The number of nitrogens with one attached hydrogen (secondary N) is 2. The Morgan fingerprint density at radius 3 is 2.23 bits per heavy atom. The number of amides is 1. The third-order valence-electron chi connectivity index (χ3n) is 5.39. The zero-order valence-electron chi connectivity index (χ0n) is 20.5. The van der Waals surface area contributed by atoms with E-state index in [1.165, 1.54) is 10.9 Å². The van der Waals surface area contributed by atoms with Crippen molar-refractivity contribution >= 4 is 35.0 Å². The highest BCUT2D eigenvalue weighted by Crippen LogP contribution is 2.36. The molecule has 0 saturated carbocycles. The molecule has 3 heterocycles. The van der Waals surface area contributed by atoms with Crippen LogP contribution in [0.15, 0.2) is 11.1 Å². The number of aromatic amines is 1. The largest absolute Gasteiger partial charge is 0.455 e. The van der Waals surface area contributed by atoms with Crippen LogP contribution in [0.2, 0.25) is 0 Å². The molecule has 0 radical (unpaired) electrons. The first-order valence-electron chi connectivity index (χ1n) is 11.4. The summed E-state index contributed by atoms with van der Waals surface area (Å²) in [5, 5.41) is 12.4. The quantitative estimate of drug-likeness (QED) is 0.445. The van der Waals surface area contributed by atoms with E-state index in [-0.39, 0.29) is 28.9 Å². The van der Waals surface area contributed by atoms with Crippen molar-refractivity contribution in [1.29, 1.82) is 0 Å². The number of esters is 2. The summed E-state index contributed by atoms with van der Waals surface area (Å²) < 4.78 is 18.5. The first-order valence-corrected chi connectivity index (χ1v) is 11.4. The molecule has 0 aliphatic carbocycles. The molecule has 0 unspecified atom stereocenters. The van der Waals surface area contributed by atoms with Crippen LogP contribution in [0.3, 0.4) is 0 Å². The number of carbonyl (C=O) groups is 3. The second-order valence-electron chi connectivity index (χ2n) is 9.24. The van der Waals surface area contributed by atoms with Gasteiger partial charge in [-0.05, 0) is 0 Å². The van der Waals surface area contributed by atoms with Crippen molar-refractivity contribution in [2.75, 3.05) is 11.9 Å². The Bertz CT molecular complexity index is 1150. The lowest BCUT2D eigenvalue weighted by atomic mass is 10.1. The van der Waals surface area contributed by atoms with Crippen molar-refractivity contribution in [1.82, 2.24) is 19.5 Å². The van der Waals surface area contributed by atoms with E-state index in [4.69, 9.17) is 14.2 Å². The van der Waals surface area contributed by atoms with E-state index >= 15 is 0 Å². The number of hydrogen-bond donors (Lipinski definition) is 3. The smallest absolute Gasteiger partial charge is 0.308 e. The Kier molecular flexibility index (Phi) is 7.90. The Balaban J connectivity index is 2.07. The SMILES string of the molecule is CC(C)C(=O)Nc1nc2c(ncn2[C@@H]2O[C@H](CO)[C@@H](OC(=O)C(C)C)[C@H]2OC(=O)C(C)C)c(=O)[nH]1. The summed E-state index contributed by atoms with van der Waals surface area (Å²) in [6.45, 7) is 9.41. The van der Waals surface area contributed by atoms with Gasteiger partial charge >= 0.3 is 11.9 Å².